The van der Waals surface area contributed by atoms with Gasteiger partial charge in [0, 0.05) is 19.3 Å². The highest BCUT2D eigenvalue weighted by Gasteiger charge is 2.31. The predicted molar refractivity (Wildman–Crippen MR) is 82.8 cm³/mol. The summed E-state index contributed by atoms with van der Waals surface area (Å²) in [7, 11) is 0. The van der Waals surface area contributed by atoms with E-state index in [0.717, 1.165) is 31.9 Å². The van der Waals surface area contributed by atoms with E-state index in [1.54, 1.807) is 0 Å². The van der Waals surface area contributed by atoms with Crippen molar-refractivity contribution in [2.24, 2.45) is 11.8 Å². The number of rotatable bonds is 6. The highest BCUT2D eigenvalue weighted by Crippen LogP contribution is 2.27. The first-order valence-corrected chi connectivity index (χ1v) is 7.65. The lowest BCUT2D eigenvalue weighted by Crippen LogP contribution is -2.35. The van der Waals surface area contributed by atoms with Crippen LogP contribution in [0.4, 0.5) is 5.82 Å². The molecule has 0 saturated carbocycles. The third-order valence-electron chi connectivity index (χ3n) is 4.05. The molecule has 0 spiro atoms. The molecular formula is C16H27N3O. The van der Waals surface area contributed by atoms with Gasteiger partial charge >= 0.3 is 0 Å². The summed E-state index contributed by atoms with van der Waals surface area (Å²) in [6, 6.07) is 4.42. The van der Waals surface area contributed by atoms with Crippen molar-refractivity contribution in [2.45, 2.75) is 39.8 Å². The minimum Gasteiger partial charge on any atom is -0.394 e. The maximum absolute atomic E-state index is 9.51. The van der Waals surface area contributed by atoms with Gasteiger partial charge in [0.2, 0.25) is 0 Å². The molecule has 1 saturated heterocycles. The summed E-state index contributed by atoms with van der Waals surface area (Å²) in [6.45, 7) is 9.70. The van der Waals surface area contributed by atoms with Gasteiger partial charge in [0.15, 0.2) is 0 Å². The molecule has 1 aromatic heterocycles. The fraction of sp³-hybridized carbons (Fsp3) is 0.688. The van der Waals surface area contributed by atoms with Crippen LogP contribution in [0.2, 0.25) is 0 Å². The normalized spacial score (nSPS) is 22.8. The van der Waals surface area contributed by atoms with Crippen LogP contribution in [0.25, 0.3) is 0 Å². The second-order valence-corrected chi connectivity index (χ2v) is 6.26. The van der Waals surface area contributed by atoms with Gasteiger partial charge < -0.3 is 15.3 Å². The highest BCUT2D eigenvalue weighted by atomic mass is 16.3. The molecule has 1 aliphatic heterocycles. The van der Waals surface area contributed by atoms with Crippen LogP contribution in [0.3, 0.4) is 0 Å². The largest absolute Gasteiger partial charge is 0.394 e. The Hall–Kier alpha value is -1.13. The van der Waals surface area contributed by atoms with Crippen LogP contribution in [-0.2, 0) is 6.54 Å². The Morgan fingerprint density at radius 3 is 2.85 bits per heavy atom. The standard InChI is InChI=1S/C16H27N3O/c1-12(2)8-17-9-14-4-5-16(18-10-14)19-7-6-13(3)15(19)11-20/h4-5,10,12-13,15,17,20H,6-9,11H2,1-3H3. The topological polar surface area (TPSA) is 48.4 Å². The van der Waals surface area contributed by atoms with Crippen LogP contribution in [-0.4, -0.2) is 35.8 Å². The van der Waals surface area contributed by atoms with E-state index in [0.29, 0.717) is 11.8 Å². The van der Waals surface area contributed by atoms with Gasteiger partial charge in [-0.3, -0.25) is 0 Å². The number of aromatic nitrogens is 1. The molecular weight excluding hydrogens is 250 g/mol. The van der Waals surface area contributed by atoms with Gasteiger partial charge in [-0.1, -0.05) is 26.8 Å². The zero-order valence-electron chi connectivity index (χ0n) is 12.8. The highest BCUT2D eigenvalue weighted by molar-refractivity contribution is 5.42. The molecule has 0 amide bonds. The maximum atomic E-state index is 9.51. The molecule has 2 N–H and O–H groups in total. The van der Waals surface area contributed by atoms with E-state index in [4.69, 9.17) is 0 Å². The molecule has 112 valence electrons. The molecule has 1 aromatic rings. The van der Waals surface area contributed by atoms with Crippen LogP contribution < -0.4 is 10.2 Å². The SMILES string of the molecule is CC(C)CNCc1ccc(N2CCC(C)C2CO)nc1. The van der Waals surface area contributed by atoms with Crippen molar-refractivity contribution < 1.29 is 5.11 Å². The van der Waals surface area contributed by atoms with Gasteiger partial charge in [0.1, 0.15) is 5.82 Å². The first-order valence-electron chi connectivity index (χ1n) is 7.65. The maximum Gasteiger partial charge on any atom is 0.128 e. The molecule has 20 heavy (non-hydrogen) atoms. The van der Waals surface area contributed by atoms with Crippen LogP contribution >= 0.6 is 0 Å². The number of nitrogens with one attached hydrogen (secondary N) is 1. The van der Waals surface area contributed by atoms with Gasteiger partial charge in [-0.2, -0.15) is 0 Å². The van der Waals surface area contributed by atoms with E-state index >= 15 is 0 Å². The van der Waals surface area contributed by atoms with Gasteiger partial charge in [0.05, 0.1) is 12.6 Å². The summed E-state index contributed by atoms with van der Waals surface area (Å²) < 4.78 is 0. The Bertz CT molecular complexity index is 405. The van der Waals surface area contributed by atoms with E-state index in [1.165, 1.54) is 5.56 Å². The average Bonchev–Trinajstić information content (AvgIpc) is 2.80. The Balaban J connectivity index is 1.94. The van der Waals surface area contributed by atoms with E-state index < -0.39 is 0 Å². The van der Waals surface area contributed by atoms with Crippen molar-refractivity contribution in [3.63, 3.8) is 0 Å². The number of pyridine rings is 1. The summed E-state index contributed by atoms with van der Waals surface area (Å²) in [6.07, 6.45) is 3.07. The second kappa shape index (κ2) is 7.04. The van der Waals surface area contributed by atoms with Crippen molar-refractivity contribution in [2.75, 3.05) is 24.6 Å². The van der Waals surface area contributed by atoms with Gasteiger partial charge in [-0.15, -0.1) is 0 Å². The van der Waals surface area contributed by atoms with Crippen LogP contribution in [0.5, 0.6) is 0 Å². The lowest BCUT2D eigenvalue weighted by Gasteiger charge is -2.26. The molecule has 0 aliphatic carbocycles. The molecule has 1 aliphatic rings. The second-order valence-electron chi connectivity index (χ2n) is 6.26. The summed E-state index contributed by atoms with van der Waals surface area (Å²) in [5, 5.41) is 12.9. The molecule has 0 bridgehead atoms. The van der Waals surface area contributed by atoms with Crippen LogP contribution in [0, 0.1) is 11.8 Å². The van der Waals surface area contributed by atoms with Crippen molar-refractivity contribution in [3.8, 4) is 0 Å². The fourth-order valence-corrected chi connectivity index (χ4v) is 2.77. The molecule has 2 heterocycles. The Labute approximate surface area is 122 Å². The lowest BCUT2D eigenvalue weighted by atomic mass is 10.0. The van der Waals surface area contributed by atoms with Crippen molar-refractivity contribution in [3.05, 3.63) is 23.9 Å². The molecule has 4 heteroatoms. The zero-order valence-corrected chi connectivity index (χ0v) is 12.8. The first kappa shape index (κ1) is 15.3. The average molecular weight is 277 g/mol. The van der Waals surface area contributed by atoms with E-state index in [-0.39, 0.29) is 12.6 Å². The van der Waals surface area contributed by atoms with Gasteiger partial charge in [-0.05, 0) is 36.4 Å². The lowest BCUT2D eigenvalue weighted by molar-refractivity contribution is 0.244. The van der Waals surface area contributed by atoms with Crippen molar-refractivity contribution in [1.29, 1.82) is 0 Å². The summed E-state index contributed by atoms with van der Waals surface area (Å²) in [5.41, 5.74) is 1.21. The molecule has 2 unspecified atom stereocenters. The molecule has 1 fully saturated rings. The Morgan fingerprint density at radius 2 is 2.25 bits per heavy atom. The number of aliphatic hydroxyl groups excluding tert-OH is 1. The quantitative estimate of drug-likeness (QED) is 0.835. The minimum atomic E-state index is 0.209. The monoisotopic (exact) mass is 277 g/mol. The number of hydrogen-bond acceptors (Lipinski definition) is 4. The van der Waals surface area contributed by atoms with Gasteiger partial charge in [0.25, 0.3) is 0 Å². The predicted octanol–water partition coefficient (Wildman–Crippen LogP) is 2.03. The molecule has 0 aromatic carbocycles. The number of hydrogen-bond donors (Lipinski definition) is 2. The van der Waals surface area contributed by atoms with Crippen LogP contribution in [0.1, 0.15) is 32.8 Å². The van der Waals surface area contributed by atoms with Crippen LogP contribution in [0.15, 0.2) is 18.3 Å². The van der Waals surface area contributed by atoms with E-state index in [9.17, 15) is 5.11 Å². The Morgan fingerprint density at radius 1 is 1.45 bits per heavy atom. The summed E-state index contributed by atoms with van der Waals surface area (Å²) in [4.78, 5) is 6.80. The number of nitrogens with zero attached hydrogens (tertiary/aromatic N) is 2. The number of anilines is 1. The van der Waals surface area contributed by atoms with Crippen molar-refractivity contribution in [1.82, 2.24) is 10.3 Å². The summed E-state index contributed by atoms with van der Waals surface area (Å²) in [5.74, 6) is 2.19. The summed E-state index contributed by atoms with van der Waals surface area (Å²) >= 11 is 0. The van der Waals surface area contributed by atoms with Gasteiger partial charge in [-0.25, -0.2) is 4.98 Å². The first-order chi connectivity index (χ1) is 9.61. The molecule has 4 nitrogen and oxygen atoms in total. The minimum absolute atomic E-state index is 0.209. The number of aliphatic hydroxyl groups is 1. The zero-order chi connectivity index (χ0) is 14.5. The fourth-order valence-electron chi connectivity index (χ4n) is 2.77. The molecule has 0 radical (unpaired) electrons. The van der Waals surface area contributed by atoms with Crippen molar-refractivity contribution >= 4 is 5.82 Å². The third kappa shape index (κ3) is 3.70. The molecule has 2 rings (SSSR count). The molecule has 2 atom stereocenters. The Kier molecular flexibility index (Phi) is 5.38. The smallest absolute Gasteiger partial charge is 0.128 e. The third-order valence-corrected chi connectivity index (χ3v) is 4.05. The van der Waals surface area contributed by atoms with E-state index in [1.807, 2.05) is 6.20 Å². The van der Waals surface area contributed by atoms with E-state index in [2.05, 4.69) is 48.1 Å².